The highest BCUT2D eigenvalue weighted by molar-refractivity contribution is 7.90. The summed E-state index contributed by atoms with van der Waals surface area (Å²) in [6.45, 7) is 1.33. The average molecular weight is 524 g/mol. The van der Waals surface area contributed by atoms with E-state index in [4.69, 9.17) is 16.3 Å². The van der Waals surface area contributed by atoms with Crippen LogP contribution in [0.2, 0.25) is 5.02 Å². The monoisotopic (exact) mass is 523 g/mol. The van der Waals surface area contributed by atoms with E-state index in [0.717, 1.165) is 32.1 Å². The number of carbonyl (C=O) groups is 2. The van der Waals surface area contributed by atoms with Crippen molar-refractivity contribution in [2.75, 3.05) is 13.7 Å². The van der Waals surface area contributed by atoms with E-state index >= 15 is 0 Å². The minimum absolute atomic E-state index is 0.0292. The molecule has 2 aromatic rings. The van der Waals surface area contributed by atoms with Crippen LogP contribution in [0, 0.1) is 0 Å². The number of amides is 3. The Labute approximate surface area is 210 Å². The van der Waals surface area contributed by atoms with Gasteiger partial charge in [0, 0.05) is 11.1 Å². The van der Waals surface area contributed by atoms with Gasteiger partial charge in [-0.25, -0.2) is 17.9 Å². The van der Waals surface area contributed by atoms with E-state index in [2.05, 4.69) is 10.6 Å². The molecule has 3 amide bonds. The van der Waals surface area contributed by atoms with Crippen LogP contribution in [-0.4, -0.2) is 45.2 Å². The lowest BCUT2D eigenvalue weighted by atomic mass is 9.96. The molecule has 1 fully saturated rings. The summed E-state index contributed by atoms with van der Waals surface area (Å²) >= 11 is 5.97. The Bertz CT molecular complexity index is 1160. The Hall–Kier alpha value is -2.82. The van der Waals surface area contributed by atoms with Crippen LogP contribution < -0.4 is 20.1 Å². The van der Waals surface area contributed by atoms with Crippen molar-refractivity contribution in [2.45, 2.75) is 55.6 Å². The van der Waals surface area contributed by atoms with Gasteiger partial charge in [-0.15, -0.1) is 0 Å². The summed E-state index contributed by atoms with van der Waals surface area (Å²) in [5, 5.41) is 16.6. The van der Waals surface area contributed by atoms with Gasteiger partial charge in [0.15, 0.2) is 0 Å². The van der Waals surface area contributed by atoms with E-state index in [-0.39, 0.29) is 23.0 Å². The topological polar surface area (TPSA) is 134 Å². The molecule has 4 N–H and O–H groups in total. The van der Waals surface area contributed by atoms with Gasteiger partial charge in [-0.1, -0.05) is 43.0 Å². The van der Waals surface area contributed by atoms with E-state index in [9.17, 15) is 23.1 Å². The smallest absolute Gasteiger partial charge is 0.328 e. The van der Waals surface area contributed by atoms with Gasteiger partial charge >= 0.3 is 6.03 Å². The molecule has 0 bridgehead atoms. The molecule has 1 atom stereocenters. The SMILES string of the molecule is COc1ccc(Cl)cc1C(=O)NC[C@](C)(O)c1ccc(S(=O)(=O)NC(=O)NC2CCCCC2)cc1. The molecule has 0 radical (unpaired) electrons. The van der Waals surface area contributed by atoms with Crippen LogP contribution in [0.3, 0.4) is 0 Å². The van der Waals surface area contributed by atoms with Crippen LogP contribution in [0.5, 0.6) is 5.75 Å². The van der Waals surface area contributed by atoms with Gasteiger partial charge in [0.2, 0.25) is 0 Å². The molecule has 35 heavy (non-hydrogen) atoms. The van der Waals surface area contributed by atoms with Gasteiger partial charge in [0.1, 0.15) is 11.4 Å². The standard InChI is InChI=1S/C24H30ClN3O6S/c1-24(31,15-26-22(29)20-14-17(25)10-13-21(20)34-2)16-8-11-19(12-9-16)35(32,33)28-23(30)27-18-6-4-3-5-7-18/h8-14,18,31H,3-7,15H2,1-2H3,(H,26,29)(H2,27,28,30)/t24-/m0/s1. The molecule has 0 saturated heterocycles. The zero-order chi connectivity index (χ0) is 25.6. The number of hydrogen-bond acceptors (Lipinski definition) is 6. The molecule has 0 aromatic heterocycles. The number of nitrogens with one attached hydrogen (secondary N) is 3. The Morgan fingerprint density at radius 3 is 2.40 bits per heavy atom. The van der Waals surface area contributed by atoms with Gasteiger partial charge < -0.3 is 20.5 Å². The lowest BCUT2D eigenvalue weighted by Gasteiger charge is -2.25. The molecule has 9 nitrogen and oxygen atoms in total. The predicted molar refractivity (Wildman–Crippen MR) is 132 cm³/mol. The number of ether oxygens (including phenoxy) is 1. The third kappa shape index (κ3) is 7.09. The summed E-state index contributed by atoms with van der Waals surface area (Å²) in [5.41, 5.74) is -0.911. The molecule has 11 heteroatoms. The number of urea groups is 1. The zero-order valence-electron chi connectivity index (χ0n) is 19.6. The van der Waals surface area contributed by atoms with Crippen LogP contribution in [0.15, 0.2) is 47.4 Å². The largest absolute Gasteiger partial charge is 0.496 e. The number of carbonyl (C=O) groups excluding carboxylic acids is 2. The zero-order valence-corrected chi connectivity index (χ0v) is 21.2. The number of benzene rings is 2. The quantitative estimate of drug-likeness (QED) is 0.419. The first kappa shape index (κ1) is 26.8. The summed E-state index contributed by atoms with van der Waals surface area (Å²) in [6, 6.07) is 9.28. The Morgan fingerprint density at radius 2 is 1.77 bits per heavy atom. The molecule has 1 aliphatic rings. The highest BCUT2D eigenvalue weighted by atomic mass is 35.5. The molecule has 0 unspecified atom stereocenters. The van der Waals surface area contributed by atoms with Crippen molar-refractivity contribution in [3.8, 4) is 5.75 Å². The van der Waals surface area contributed by atoms with Crippen LogP contribution in [-0.2, 0) is 15.6 Å². The number of hydrogen-bond donors (Lipinski definition) is 4. The fraction of sp³-hybridized carbons (Fsp3) is 0.417. The highest BCUT2D eigenvalue weighted by Gasteiger charge is 2.27. The van der Waals surface area contributed by atoms with Crippen molar-refractivity contribution in [3.63, 3.8) is 0 Å². The Kier molecular flexibility index (Phi) is 8.63. The Morgan fingerprint density at radius 1 is 1.11 bits per heavy atom. The minimum atomic E-state index is -4.09. The maximum absolute atomic E-state index is 12.6. The summed E-state index contributed by atoms with van der Waals surface area (Å²) in [6.07, 6.45) is 4.79. The van der Waals surface area contributed by atoms with Crippen molar-refractivity contribution in [1.29, 1.82) is 0 Å². The van der Waals surface area contributed by atoms with Gasteiger partial charge in [0.05, 0.1) is 24.1 Å². The molecule has 1 aliphatic carbocycles. The number of rotatable bonds is 8. The second-order valence-corrected chi connectivity index (χ2v) is 10.9. The van der Waals surface area contributed by atoms with E-state index in [1.54, 1.807) is 12.1 Å². The van der Waals surface area contributed by atoms with Gasteiger partial charge in [-0.3, -0.25) is 4.79 Å². The summed E-state index contributed by atoms with van der Waals surface area (Å²) in [5.74, 6) is -0.155. The second kappa shape index (κ2) is 11.3. The van der Waals surface area contributed by atoms with Crippen molar-refractivity contribution in [1.82, 2.24) is 15.4 Å². The molecule has 0 heterocycles. The molecule has 1 saturated carbocycles. The lowest BCUT2D eigenvalue weighted by molar-refractivity contribution is 0.0525. The maximum atomic E-state index is 12.6. The van der Waals surface area contributed by atoms with Crippen molar-refractivity contribution >= 4 is 33.6 Å². The van der Waals surface area contributed by atoms with Crippen LogP contribution in [0.4, 0.5) is 4.79 Å². The highest BCUT2D eigenvalue weighted by Crippen LogP contribution is 2.25. The first-order valence-corrected chi connectivity index (χ1v) is 13.2. The molecule has 0 spiro atoms. The van der Waals surface area contributed by atoms with Gasteiger partial charge in [-0.05, 0) is 55.7 Å². The van der Waals surface area contributed by atoms with Crippen LogP contribution in [0.1, 0.15) is 54.9 Å². The summed E-state index contributed by atoms with van der Waals surface area (Å²) in [7, 11) is -2.66. The number of methoxy groups -OCH3 is 1. The van der Waals surface area contributed by atoms with Crippen molar-refractivity contribution in [3.05, 3.63) is 58.6 Å². The maximum Gasteiger partial charge on any atom is 0.328 e. The predicted octanol–water partition coefficient (Wildman–Crippen LogP) is 3.31. The number of halogens is 1. The van der Waals surface area contributed by atoms with Gasteiger partial charge in [-0.2, -0.15) is 0 Å². The van der Waals surface area contributed by atoms with E-state index in [1.165, 1.54) is 44.4 Å². The molecule has 0 aliphatic heterocycles. The average Bonchev–Trinajstić information content (AvgIpc) is 2.83. The molecule has 2 aromatic carbocycles. The van der Waals surface area contributed by atoms with E-state index in [0.29, 0.717) is 16.3 Å². The normalized spacial score (nSPS) is 16.1. The van der Waals surface area contributed by atoms with E-state index < -0.39 is 27.6 Å². The summed E-state index contributed by atoms with van der Waals surface area (Å²) in [4.78, 5) is 24.6. The first-order chi connectivity index (χ1) is 16.5. The third-order valence-electron chi connectivity index (χ3n) is 5.95. The van der Waals surface area contributed by atoms with Gasteiger partial charge in [0.25, 0.3) is 15.9 Å². The fourth-order valence-corrected chi connectivity index (χ4v) is 5.03. The lowest BCUT2D eigenvalue weighted by Crippen LogP contribution is -2.45. The van der Waals surface area contributed by atoms with Crippen molar-refractivity contribution in [2.24, 2.45) is 0 Å². The number of sulfonamides is 1. The minimum Gasteiger partial charge on any atom is -0.496 e. The fourth-order valence-electron chi connectivity index (χ4n) is 3.94. The second-order valence-electron chi connectivity index (χ2n) is 8.74. The summed E-state index contributed by atoms with van der Waals surface area (Å²) < 4.78 is 32.4. The van der Waals surface area contributed by atoms with Crippen LogP contribution >= 0.6 is 11.6 Å². The molecule has 190 valence electrons. The van der Waals surface area contributed by atoms with Crippen molar-refractivity contribution < 1.29 is 27.9 Å². The molecular weight excluding hydrogens is 494 g/mol. The third-order valence-corrected chi connectivity index (χ3v) is 7.54. The van der Waals surface area contributed by atoms with E-state index in [1.807, 2.05) is 4.72 Å². The van der Waals surface area contributed by atoms with Crippen LogP contribution in [0.25, 0.3) is 0 Å². The number of aliphatic hydroxyl groups is 1. The molecule has 3 rings (SSSR count). The molecular formula is C24H30ClN3O6S. The Balaban J connectivity index is 1.62. The first-order valence-electron chi connectivity index (χ1n) is 11.3.